The molecule has 14 heavy (non-hydrogen) atoms. The quantitative estimate of drug-likeness (QED) is 0.603. The smallest absolute Gasteiger partial charge is 0.253 e. The van der Waals surface area contributed by atoms with Gasteiger partial charge in [0.05, 0.1) is 0 Å². The second-order valence-electron chi connectivity index (χ2n) is 3.05. The van der Waals surface area contributed by atoms with Crippen LogP contribution in [0.15, 0.2) is 23.0 Å². The highest BCUT2D eigenvalue weighted by Crippen LogP contribution is 1.93. The highest BCUT2D eigenvalue weighted by molar-refractivity contribution is 7.80. The molecule has 0 radical (unpaired) electrons. The maximum Gasteiger partial charge on any atom is 0.253 e. The van der Waals surface area contributed by atoms with Crippen LogP contribution in [0.1, 0.15) is 11.5 Å². The van der Waals surface area contributed by atoms with Gasteiger partial charge in [0.2, 0.25) is 0 Å². The Kier molecular flexibility index (Phi) is 3.95. The molecule has 0 saturated heterocycles. The van der Waals surface area contributed by atoms with Crippen molar-refractivity contribution >= 4 is 12.6 Å². The van der Waals surface area contributed by atoms with Crippen molar-refractivity contribution in [3.05, 3.63) is 40.1 Å². The number of aromatic nitrogens is 2. The fourth-order valence-electron chi connectivity index (χ4n) is 1.24. The molecule has 0 fully saturated rings. The molecule has 1 aromatic rings. The number of hydrogen-bond donors (Lipinski definition) is 1. The molecule has 0 aliphatic carbocycles. The fraction of sp³-hybridized carbons (Fsp3) is 0.400. The highest BCUT2D eigenvalue weighted by Gasteiger charge is 1.99. The van der Waals surface area contributed by atoms with E-state index in [1.54, 1.807) is 10.6 Å². The van der Waals surface area contributed by atoms with Gasteiger partial charge in [0.1, 0.15) is 5.82 Å². The normalized spacial score (nSPS) is 11.1. The number of thiol groups is 1. The first-order chi connectivity index (χ1) is 6.65. The average molecular weight is 210 g/mol. The minimum Gasteiger partial charge on any atom is -0.293 e. The zero-order valence-electron chi connectivity index (χ0n) is 8.40. The summed E-state index contributed by atoms with van der Waals surface area (Å²) in [6.07, 6.45) is 3.83. The number of aryl methyl sites for hydroxylation is 2. The van der Waals surface area contributed by atoms with Gasteiger partial charge < -0.3 is 0 Å². The van der Waals surface area contributed by atoms with E-state index in [0.717, 1.165) is 11.5 Å². The Hall–Kier alpha value is -1.03. The van der Waals surface area contributed by atoms with Crippen molar-refractivity contribution in [2.45, 2.75) is 20.4 Å². The van der Waals surface area contributed by atoms with Gasteiger partial charge in [0.25, 0.3) is 5.56 Å². The molecule has 0 atom stereocenters. The van der Waals surface area contributed by atoms with Crippen molar-refractivity contribution in [1.82, 2.24) is 9.55 Å². The third kappa shape index (κ3) is 2.73. The lowest BCUT2D eigenvalue weighted by Crippen LogP contribution is -2.22. The lowest BCUT2D eigenvalue weighted by molar-refractivity contribution is 0.707. The Labute approximate surface area is 88.9 Å². The summed E-state index contributed by atoms with van der Waals surface area (Å²) in [5, 5.41) is 0. The molecule has 3 nitrogen and oxygen atoms in total. The van der Waals surface area contributed by atoms with Crippen LogP contribution >= 0.6 is 12.6 Å². The van der Waals surface area contributed by atoms with E-state index in [-0.39, 0.29) is 5.56 Å². The van der Waals surface area contributed by atoms with Crippen molar-refractivity contribution < 1.29 is 0 Å². The van der Waals surface area contributed by atoms with Crippen LogP contribution in [0.2, 0.25) is 0 Å². The largest absolute Gasteiger partial charge is 0.293 e. The van der Waals surface area contributed by atoms with Crippen LogP contribution in [0, 0.1) is 13.8 Å². The number of nitrogens with zero attached hydrogens (tertiary/aromatic N) is 2. The van der Waals surface area contributed by atoms with Gasteiger partial charge in [-0.3, -0.25) is 9.36 Å². The van der Waals surface area contributed by atoms with E-state index in [1.165, 1.54) is 0 Å². The standard InChI is InChI=1S/C10H14N2OS/c1-8-7-10(13)12(9(2)11-8)5-3-4-6-14/h3-4,7,14H,5-6H2,1-2H3. The molecular weight excluding hydrogens is 196 g/mol. The van der Waals surface area contributed by atoms with E-state index in [4.69, 9.17) is 0 Å². The summed E-state index contributed by atoms with van der Waals surface area (Å²) < 4.78 is 1.63. The monoisotopic (exact) mass is 210 g/mol. The van der Waals surface area contributed by atoms with E-state index >= 15 is 0 Å². The van der Waals surface area contributed by atoms with E-state index < -0.39 is 0 Å². The molecule has 0 saturated carbocycles. The van der Waals surface area contributed by atoms with Gasteiger partial charge >= 0.3 is 0 Å². The molecule has 4 heteroatoms. The summed E-state index contributed by atoms with van der Waals surface area (Å²) in [7, 11) is 0. The third-order valence-electron chi connectivity index (χ3n) is 1.89. The van der Waals surface area contributed by atoms with E-state index in [0.29, 0.717) is 12.3 Å². The molecule has 0 unspecified atom stereocenters. The summed E-state index contributed by atoms with van der Waals surface area (Å²) in [5.74, 6) is 1.44. The van der Waals surface area contributed by atoms with E-state index in [1.807, 2.05) is 26.0 Å². The molecule has 0 aromatic carbocycles. The summed E-state index contributed by atoms with van der Waals surface area (Å²) in [4.78, 5) is 15.7. The molecule has 0 aliphatic heterocycles. The van der Waals surface area contributed by atoms with Crippen molar-refractivity contribution in [3.63, 3.8) is 0 Å². The molecule has 0 aliphatic rings. The first-order valence-electron chi connectivity index (χ1n) is 4.46. The van der Waals surface area contributed by atoms with Gasteiger partial charge in [-0.25, -0.2) is 4.98 Å². The fourth-order valence-corrected chi connectivity index (χ4v) is 1.39. The van der Waals surface area contributed by atoms with Gasteiger partial charge in [-0.15, -0.1) is 0 Å². The highest BCUT2D eigenvalue weighted by atomic mass is 32.1. The molecule has 0 amide bonds. The lowest BCUT2D eigenvalue weighted by Gasteiger charge is -2.06. The van der Waals surface area contributed by atoms with Gasteiger partial charge in [-0.2, -0.15) is 12.6 Å². The Morgan fingerprint density at radius 2 is 2.21 bits per heavy atom. The van der Waals surface area contributed by atoms with Gasteiger partial charge in [-0.1, -0.05) is 12.2 Å². The number of rotatable bonds is 3. The number of hydrogen-bond acceptors (Lipinski definition) is 3. The second kappa shape index (κ2) is 5.00. The zero-order chi connectivity index (χ0) is 10.6. The predicted molar refractivity (Wildman–Crippen MR) is 61.0 cm³/mol. The summed E-state index contributed by atoms with van der Waals surface area (Å²) in [6.45, 7) is 4.23. The molecule has 0 bridgehead atoms. The van der Waals surface area contributed by atoms with Gasteiger partial charge in [-0.05, 0) is 13.8 Å². The van der Waals surface area contributed by atoms with Crippen LogP contribution in [-0.4, -0.2) is 15.3 Å². The average Bonchev–Trinajstić information content (AvgIpc) is 2.09. The van der Waals surface area contributed by atoms with E-state index in [9.17, 15) is 4.79 Å². The Morgan fingerprint density at radius 1 is 1.50 bits per heavy atom. The van der Waals surface area contributed by atoms with Crippen molar-refractivity contribution in [3.8, 4) is 0 Å². The number of allylic oxidation sites excluding steroid dienone is 1. The Morgan fingerprint density at radius 3 is 2.79 bits per heavy atom. The van der Waals surface area contributed by atoms with Crippen molar-refractivity contribution in [1.29, 1.82) is 0 Å². The third-order valence-corrected chi connectivity index (χ3v) is 2.10. The SMILES string of the molecule is Cc1cc(=O)n(CC=CCS)c(C)n1. The van der Waals surface area contributed by atoms with E-state index in [2.05, 4.69) is 17.6 Å². The maximum atomic E-state index is 11.5. The van der Waals surface area contributed by atoms with Crippen LogP contribution < -0.4 is 5.56 Å². The maximum absolute atomic E-state index is 11.5. The molecule has 1 aromatic heterocycles. The first kappa shape index (κ1) is 11.0. The zero-order valence-corrected chi connectivity index (χ0v) is 9.29. The molecule has 0 N–H and O–H groups in total. The lowest BCUT2D eigenvalue weighted by atomic mass is 10.4. The van der Waals surface area contributed by atoms with Crippen molar-refractivity contribution in [2.24, 2.45) is 0 Å². The molecular formula is C10H14N2OS. The van der Waals surface area contributed by atoms with Crippen LogP contribution in [0.5, 0.6) is 0 Å². The summed E-state index contributed by atoms with van der Waals surface area (Å²) in [5.41, 5.74) is 0.765. The van der Waals surface area contributed by atoms with Gasteiger partial charge in [0, 0.05) is 24.1 Å². The summed E-state index contributed by atoms with van der Waals surface area (Å²) in [6, 6.07) is 1.54. The first-order valence-corrected chi connectivity index (χ1v) is 5.09. The van der Waals surface area contributed by atoms with Crippen LogP contribution in [0.3, 0.4) is 0 Å². The van der Waals surface area contributed by atoms with Crippen LogP contribution in [0.4, 0.5) is 0 Å². The topological polar surface area (TPSA) is 34.9 Å². The predicted octanol–water partition coefficient (Wildman–Crippen LogP) is 1.35. The Balaban J connectivity index is 2.97. The van der Waals surface area contributed by atoms with Crippen LogP contribution in [-0.2, 0) is 6.54 Å². The van der Waals surface area contributed by atoms with Crippen molar-refractivity contribution in [2.75, 3.05) is 5.75 Å². The Bertz CT molecular complexity index is 396. The molecule has 76 valence electrons. The molecule has 1 rings (SSSR count). The molecule has 0 spiro atoms. The second-order valence-corrected chi connectivity index (χ2v) is 3.41. The van der Waals surface area contributed by atoms with Gasteiger partial charge in [0.15, 0.2) is 0 Å². The minimum absolute atomic E-state index is 0.00110. The molecule has 1 heterocycles. The summed E-state index contributed by atoms with van der Waals surface area (Å²) >= 11 is 4.05. The minimum atomic E-state index is -0.00110. The van der Waals surface area contributed by atoms with Crippen LogP contribution in [0.25, 0.3) is 0 Å².